The SMILES string of the molecule is CC1(C)C2=C(Cl)C(=O)C(Cl)=CC2=Nc2ccc(OP(=O)(O)OP(=O)(O)OP(=O)(O)OP(=O)(O)OCC3CCC(n4cnc5c(=O)[nH]c(N)nc54)O3)cc21. The first kappa shape index (κ1) is 39.8. The molecule has 4 heterocycles. The lowest BCUT2D eigenvalue weighted by Gasteiger charge is -2.36. The Balaban J connectivity index is 1.06. The van der Waals surface area contributed by atoms with Gasteiger partial charge in [-0.15, -0.1) is 0 Å². The van der Waals surface area contributed by atoms with Crippen LogP contribution in [0, 0.1) is 0 Å². The average molecular weight is 861 g/mol. The third-order valence-corrected chi connectivity index (χ3v) is 14.3. The smallest absolute Gasteiger partial charge is 0.404 e. The lowest BCUT2D eigenvalue weighted by atomic mass is 9.71. The monoisotopic (exact) mass is 860 g/mol. The molecular formula is C25H26Cl2N6O16P4. The third kappa shape index (κ3) is 8.53. The van der Waals surface area contributed by atoms with E-state index in [4.69, 9.17) is 42.7 Å². The number of aromatic nitrogens is 4. The molecule has 22 nitrogen and oxygen atoms in total. The highest BCUT2D eigenvalue weighted by molar-refractivity contribution is 7.69. The van der Waals surface area contributed by atoms with Crippen molar-refractivity contribution >= 4 is 88.8 Å². The van der Waals surface area contributed by atoms with Crippen molar-refractivity contribution in [3.8, 4) is 5.75 Å². The minimum absolute atomic E-state index is 0.0213. The van der Waals surface area contributed by atoms with Crippen molar-refractivity contribution in [1.29, 1.82) is 0 Å². The second kappa shape index (κ2) is 14.0. The number of benzene rings is 1. The maximum absolute atomic E-state index is 12.7. The molecule has 6 unspecified atom stereocenters. The first-order valence-electron chi connectivity index (χ1n) is 14.7. The number of allylic oxidation sites excluding steroid dienone is 4. The van der Waals surface area contributed by atoms with Crippen molar-refractivity contribution < 1.29 is 69.3 Å². The van der Waals surface area contributed by atoms with E-state index in [2.05, 4.69) is 32.9 Å². The number of carbonyl (C=O) groups is 1. The number of halogens is 2. The van der Waals surface area contributed by atoms with Gasteiger partial charge in [0.25, 0.3) is 5.56 Å². The van der Waals surface area contributed by atoms with Crippen LogP contribution in [0.2, 0.25) is 0 Å². The molecule has 7 N–H and O–H groups in total. The number of fused-ring (bicyclic) bond motifs is 3. The summed E-state index contributed by atoms with van der Waals surface area (Å²) in [6, 6.07) is 3.68. The van der Waals surface area contributed by atoms with Gasteiger partial charge in [-0.05, 0) is 42.7 Å². The van der Waals surface area contributed by atoms with Crippen molar-refractivity contribution in [2.24, 2.45) is 4.99 Å². The number of phosphoric ester groups is 2. The predicted molar refractivity (Wildman–Crippen MR) is 183 cm³/mol. The van der Waals surface area contributed by atoms with E-state index in [1.807, 2.05) is 0 Å². The molecule has 0 bridgehead atoms. The van der Waals surface area contributed by atoms with Gasteiger partial charge in [0.05, 0.1) is 40.5 Å². The molecule has 3 aromatic rings. The molecule has 2 aliphatic heterocycles. The third-order valence-electron chi connectivity index (χ3n) is 7.77. The summed E-state index contributed by atoms with van der Waals surface area (Å²) in [6.07, 6.45) is 1.40. The number of Topliss-reactive ketones (excluding diaryl/α,β-unsaturated/α-hetero) is 1. The van der Waals surface area contributed by atoms with Gasteiger partial charge in [-0.3, -0.25) is 28.6 Å². The van der Waals surface area contributed by atoms with E-state index < -0.39 is 72.7 Å². The number of anilines is 1. The number of H-pyrrole nitrogens is 1. The molecule has 0 spiro atoms. The number of nitrogens with zero attached hydrogens (tertiary/aromatic N) is 4. The van der Waals surface area contributed by atoms with Gasteiger partial charge in [0.2, 0.25) is 11.7 Å². The Bertz CT molecular complexity index is 2410. The Kier molecular flexibility index (Phi) is 10.5. The summed E-state index contributed by atoms with van der Waals surface area (Å²) in [5, 5.41) is -0.359. The maximum atomic E-state index is 12.7. The molecule has 1 saturated heterocycles. The summed E-state index contributed by atoms with van der Waals surface area (Å²) < 4.78 is 78.8. The van der Waals surface area contributed by atoms with Crippen molar-refractivity contribution in [3.05, 3.63) is 62.2 Å². The van der Waals surface area contributed by atoms with Crippen LogP contribution in [0.25, 0.3) is 11.2 Å². The van der Waals surface area contributed by atoms with Gasteiger partial charge in [0.15, 0.2) is 11.2 Å². The van der Waals surface area contributed by atoms with Crippen LogP contribution in [-0.4, -0.2) is 63.3 Å². The van der Waals surface area contributed by atoms with Gasteiger partial charge in [-0.2, -0.15) is 17.9 Å². The Hall–Kier alpha value is -2.87. The van der Waals surface area contributed by atoms with Crippen molar-refractivity contribution in [1.82, 2.24) is 19.5 Å². The van der Waals surface area contributed by atoms with Crippen LogP contribution in [0.15, 0.2) is 56.0 Å². The lowest BCUT2D eigenvalue weighted by molar-refractivity contribution is -0.111. The molecule has 1 fully saturated rings. The van der Waals surface area contributed by atoms with E-state index >= 15 is 0 Å². The summed E-state index contributed by atoms with van der Waals surface area (Å²) in [6.45, 7) is 2.61. The molecule has 6 rings (SSSR count). The minimum Gasteiger partial charge on any atom is -0.404 e. The first-order valence-corrected chi connectivity index (χ1v) is 21.4. The van der Waals surface area contributed by atoms with E-state index in [0.717, 1.165) is 6.07 Å². The quantitative estimate of drug-likeness (QED) is 0.108. The fourth-order valence-electron chi connectivity index (χ4n) is 5.65. The predicted octanol–water partition coefficient (Wildman–Crippen LogP) is 4.49. The molecule has 0 amide bonds. The van der Waals surface area contributed by atoms with Gasteiger partial charge in [-0.1, -0.05) is 37.0 Å². The summed E-state index contributed by atoms with van der Waals surface area (Å²) in [4.78, 5) is 79.3. The maximum Gasteiger partial charge on any atom is 0.536 e. The number of nitrogens with two attached hydrogens (primary N) is 1. The number of aromatic amines is 1. The second-order valence-electron chi connectivity index (χ2n) is 11.9. The number of nitrogens with one attached hydrogen (secondary N) is 1. The number of ketones is 1. The molecule has 2 aromatic heterocycles. The van der Waals surface area contributed by atoms with E-state index in [9.17, 15) is 47.4 Å². The van der Waals surface area contributed by atoms with E-state index in [1.165, 1.54) is 29.1 Å². The Labute approximate surface area is 306 Å². The fourth-order valence-corrected chi connectivity index (χ4v) is 11.3. The number of ether oxygens (including phenoxy) is 1. The number of hydrogen-bond acceptors (Lipinski definition) is 16. The zero-order chi connectivity index (χ0) is 38.9. The van der Waals surface area contributed by atoms with Gasteiger partial charge in [-0.25, -0.2) is 28.2 Å². The van der Waals surface area contributed by atoms with Crippen molar-refractivity contribution in [2.75, 3.05) is 12.3 Å². The van der Waals surface area contributed by atoms with Crippen LogP contribution in [-0.2, 0) is 50.7 Å². The second-order valence-corrected chi connectivity index (χ2v) is 18.8. The number of phosphoric acid groups is 4. The first-order chi connectivity index (χ1) is 24.5. The van der Waals surface area contributed by atoms with E-state index in [1.54, 1.807) is 13.8 Å². The van der Waals surface area contributed by atoms with Crippen LogP contribution in [0.5, 0.6) is 5.75 Å². The number of aliphatic imine (C=N–C) groups is 1. The molecule has 1 aromatic carbocycles. The number of hydrogen-bond donors (Lipinski definition) is 6. The van der Waals surface area contributed by atoms with Crippen molar-refractivity contribution in [2.45, 2.75) is 44.4 Å². The molecule has 6 atom stereocenters. The summed E-state index contributed by atoms with van der Waals surface area (Å²) in [5.74, 6) is -1.25. The van der Waals surface area contributed by atoms with Gasteiger partial charge < -0.3 is 29.7 Å². The van der Waals surface area contributed by atoms with E-state index in [-0.39, 0.29) is 40.0 Å². The van der Waals surface area contributed by atoms with Gasteiger partial charge >= 0.3 is 31.3 Å². The average Bonchev–Trinajstić information content (AvgIpc) is 3.64. The minimum atomic E-state index is -6.09. The molecule has 0 saturated carbocycles. The van der Waals surface area contributed by atoms with Crippen LogP contribution in [0.4, 0.5) is 11.6 Å². The highest BCUT2D eigenvalue weighted by Crippen LogP contribution is 2.71. The lowest BCUT2D eigenvalue weighted by Crippen LogP contribution is -2.32. The van der Waals surface area contributed by atoms with Crippen molar-refractivity contribution in [3.63, 3.8) is 0 Å². The Morgan fingerprint density at radius 3 is 2.38 bits per heavy atom. The molecule has 1 aliphatic carbocycles. The van der Waals surface area contributed by atoms with Gasteiger partial charge in [0, 0.05) is 11.0 Å². The Morgan fingerprint density at radius 2 is 1.68 bits per heavy atom. The van der Waals surface area contributed by atoms with Gasteiger partial charge in [0.1, 0.15) is 12.0 Å². The highest BCUT2D eigenvalue weighted by Gasteiger charge is 2.47. The topological polar surface area (TPSA) is 324 Å². The Morgan fingerprint density at radius 1 is 1.02 bits per heavy atom. The zero-order valence-electron chi connectivity index (χ0n) is 26.8. The molecule has 3 aliphatic rings. The number of nitrogen functional groups attached to an aromatic ring is 1. The molecule has 286 valence electrons. The largest absolute Gasteiger partial charge is 0.536 e. The number of imidazole rings is 1. The fraction of sp³-hybridized carbons (Fsp3) is 0.320. The standard InChI is InChI=1S/C25H26Cl2N6O16P4/c1-25(2)13-7-11(3-5-15(13)30-16-8-14(26)21(34)19(27)18(16)25)46-51(38,39)48-53(42,43)49-52(40,41)47-50(36,37)44-9-12-4-6-17(45-12)33-10-29-20-22(33)31-24(28)32-23(20)35/h3,5,7-8,10,12,17H,4,6,9H2,1-2H3,(H,36,37)(H,38,39)(H,40,41)(H,42,43)(H3,28,31,32,35). The molecule has 53 heavy (non-hydrogen) atoms. The number of rotatable bonds is 12. The summed E-state index contributed by atoms with van der Waals surface area (Å²) in [7, 11) is -23.4. The zero-order valence-corrected chi connectivity index (χ0v) is 31.9. The number of carbonyl (C=O) groups excluding carboxylic acids is 1. The summed E-state index contributed by atoms with van der Waals surface area (Å²) in [5.41, 5.74) is 5.28. The van der Waals surface area contributed by atoms with E-state index in [0.29, 0.717) is 22.5 Å². The van der Waals surface area contributed by atoms with Crippen LogP contribution in [0.3, 0.4) is 0 Å². The molecular weight excluding hydrogens is 835 g/mol. The van der Waals surface area contributed by atoms with Crippen LogP contribution < -0.4 is 15.8 Å². The highest BCUT2D eigenvalue weighted by atomic mass is 35.5. The molecule has 0 radical (unpaired) electrons. The summed E-state index contributed by atoms with van der Waals surface area (Å²) >= 11 is 12.3. The van der Waals surface area contributed by atoms with Crippen LogP contribution >= 0.6 is 54.5 Å². The normalized spacial score (nSPS) is 24.3. The van der Waals surface area contributed by atoms with Crippen LogP contribution in [0.1, 0.15) is 38.5 Å². The molecule has 28 heteroatoms.